The highest BCUT2D eigenvalue weighted by Crippen LogP contribution is 2.35. The van der Waals surface area contributed by atoms with Gasteiger partial charge in [0.25, 0.3) is 0 Å². The Morgan fingerprint density at radius 3 is 3.00 bits per heavy atom. The first-order chi connectivity index (χ1) is 10.1. The van der Waals surface area contributed by atoms with Crippen LogP contribution in [0.15, 0.2) is 30.3 Å². The van der Waals surface area contributed by atoms with E-state index in [1.54, 1.807) is 16.2 Å². The Balaban J connectivity index is 1.89. The molecule has 0 saturated carbocycles. The average Bonchev–Trinajstić information content (AvgIpc) is 3.05. The van der Waals surface area contributed by atoms with Crippen molar-refractivity contribution < 1.29 is 4.79 Å². The van der Waals surface area contributed by atoms with Crippen molar-refractivity contribution in [2.24, 2.45) is 5.73 Å². The van der Waals surface area contributed by atoms with Crippen molar-refractivity contribution in [3.8, 4) is 16.5 Å². The van der Waals surface area contributed by atoms with Crippen molar-refractivity contribution in [3.63, 3.8) is 0 Å². The second-order valence-electron chi connectivity index (χ2n) is 5.18. The van der Waals surface area contributed by atoms with Crippen LogP contribution in [0, 0.1) is 11.3 Å². The van der Waals surface area contributed by atoms with Gasteiger partial charge in [0.15, 0.2) is 0 Å². The Kier molecular flexibility index (Phi) is 3.50. The smallest absolute Gasteiger partial charge is 0.231 e. The molecule has 4 nitrogen and oxygen atoms in total. The van der Waals surface area contributed by atoms with Crippen molar-refractivity contribution in [1.82, 2.24) is 0 Å². The van der Waals surface area contributed by atoms with Gasteiger partial charge in [-0.15, -0.1) is 11.3 Å². The molecule has 1 aromatic carbocycles. The van der Waals surface area contributed by atoms with Gasteiger partial charge in [-0.1, -0.05) is 12.1 Å². The third kappa shape index (κ3) is 2.56. The fraction of sp³-hybridized carbons (Fsp3) is 0.250. The Morgan fingerprint density at radius 2 is 2.24 bits per heavy atom. The second kappa shape index (κ2) is 5.32. The minimum Gasteiger partial charge on any atom is -0.316 e. The predicted molar refractivity (Wildman–Crippen MR) is 84.2 cm³/mol. The first kappa shape index (κ1) is 13.8. The van der Waals surface area contributed by atoms with Crippen LogP contribution < -0.4 is 10.6 Å². The lowest BCUT2D eigenvalue weighted by Crippen LogP contribution is -2.20. The van der Waals surface area contributed by atoms with Gasteiger partial charge >= 0.3 is 0 Å². The molecule has 0 radical (unpaired) electrons. The van der Waals surface area contributed by atoms with Crippen LogP contribution in [0.1, 0.15) is 10.4 Å². The summed E-state index contributed by atoms with van der Waals surface area (Å²) in [7, 11) is 1.81. The monoisotopic (exact) mass is 297 g/mol. The van der Waals surface area contributed by atoms with E-state index in [0.29, 0.717) is 12.8 Å². The number of carbonyl (C=O) groups excluding carboxylic acids is 1. The summed E-state index contributed by atoms with van der Waals surface area (Å²) in [5, 5.41) is 8.77. The summed E-state index contributed by atoms with van der Waals surface area (Å²) in [6.45, 7) is 0. The SMILES string of the molecule is CN1C(=O)Cc2ccc(-c3ccc(CC(N)C#N)s3)cc21. The third-order valence-corrected chi connectivity index (χ3v) is 4.85. The molecule has 1 aliphatic rings. The van der Waals surface area contributed by atoms with E-state index in [4.69, 9.17) is 11.0 Å². The van der Waals surface area contributed by atoms with E-state index < -0.39 is 6.04 Å². The number of fused-ring (bicyclic) bond motifs is 1. The quantitative estimate of drug-likeness (QED) is 0.945. The molecule has 3 rings (SSSR count). The second-order valence-corrected chi connectivity index (χ2v) is 6.35. The van der Waals surface area contributed by atoms with Crippen molar-refractivity contribution in [1.29, 1.82) is 5.26 Å². The lowest BCUT2D eigenvalue weighted by atomic mass is 10.1. The van der Waals surface area contributed by atoms with E-state index in [0.717, 1.165) is 26.6 Å². The summed E-state index contributed by atoms with van der Waals surface area (Å²) in [6, 6.07) is 11.8. The van der Waals surface area contributed by atoms with Gasteiger partial charge in [0, 0.05) is 28.9 Å². The van der Waals surface area contributed by atoms with Crippen molar-refractivity contribution in [3.05, 3.63) is 40.8 Å². The van der Waals surface area contributed by atoms with Crippen LogP contribution in [0.5, 0.6) is 0 Å². The number of nitriles is 1. The van der Waals surface area contributed by atoms with Crippen LogP contribution in [-0.2, 0) is 17.6 Å². The molecule has 0 aliphatic carbocycles. The molecule has 1 aromatic heterocycles. The number of nitrogens with two attached hydrogens (primary N) is 1. The number of amides is 1. The van der Waals surface area contributed by atoms with Gasteiger partial charge in [-0.25, -0.2) is 0 Å². The predicted octanol–water partition coefficient (Wildman–Crippen LogP) is 2.33. The molecule has 2 heterocycles. The molecule has 1 unspecified atom stereocenters. The highest BCUT2D eigenvalue weighted by atomic mass is 32.1. The van der Waals surface area contributed by atoms with Crippen LogP contribution in [0.4, 0.5) is 5.69 Å². The molecule has 1 aliphatic heterocycles. The van der Waals surface area contributed by atoms with Gasteiger partial charge < -0.3 is 10.6 Å². The summed E-state index contributed by atoms with van der Waals surface area (Å²) in [6.07, 6.45) is 1.06. The lowest BCUT2D eigenvalue weighted by Gasteiger charge is -2.10. The van der Waals surface area contributed by atoms with Crippen molar-refractivity contribution in [2.45, 2.75) is 18.9 Å². The molecule has 106 valence electrons. The Morgan fingerprint density at radius 1 is 1.43 bits per heavy atom. The largest absolute Gasteiger partial charge is 0.316 e. The van der Waals surface area contributed by atoms with Gasteiger partial charge in [-0.2, -0.15) is 5.26 Å². The van der Waals surface area contributed by atoms with Crippen molar-refractivity contribution in [2.75, 3.05) is 11.9 Å². The number of carbonyl (C=O) groups is 1. The third-order valence-electron chi connectivity index (χ3n) is 3.70. The highest BCUT2D eigenvalue weighted by Gasteiger charge is 2.24. The Hall–Kier alpha value is -2.16. The number of anilines is 1. The zero-order chi connectivity index (χ0) is 15.0. The van der Waals surface area contributed by atoms with Crippen LogP contribution in [0.25, 0.3) is 10.4 Å². The first-order valence-corrected chi connectivity index (χ1v) is 7.54. The van der Waals surface area contributed by atoms with Crippen molar-refractivity contribution >= 4 is 22.9 Å². The Labute approximate surface area is 127 Å². The van der Waals surface area contributed by atoms with Crippen LogP contribution in [-0.4, -0.2) is 19.0 Å². The molecule has 2 N–H and O–H groups in total. The highest BCUT2D eigenvalue weighted by molar-refractivity contribution is 7.15. The molecule has 0 saturated heterocycles. The molecule has 1 amide bonds. The average molecular weight is 297 g/mol. The standard InChI is InChI=1S/C16H15N3OS/c1-19-14-6-11(3-2-10(14)7-16(19)20)15-5-4-13(21-15)8-12(18)9-17/h2-6,12H,7-8,18H2,1H3. The number of rotatable bonds is 3. The topological polar surface area (TPSA) is 70.1 Å². The van der Waals surface area contributed by atoms with E-state index in [1.807, 2.05) is 37.4 Å². The fourth-order valence-corrected chi connectivity index (χ4v) is 3.56. The molecule has 1 atom stereocenters. The van der Waals surface area contributed by atoms with Gasteiger partial charge in [0.2, 0.25) is 5.91 Å². The zero-order valence-corrected chi connectivity index (χ0v) is 12.5. The number of hydrogen-bond donors (Lipinski definition) is 1. The first-order valence-electron chi connectivity index (χ1n) is 6.72. The molecular formula is C16H15N3OS. The number of benzene rings is 1. The van der Waals surface area contributed by atoms with Gasteiger partial charge in [0.05, 0.1) is 18.5 Å². The van der Waals surface area contributed by atoms with Gasteiger partial charge in [0.1, 0.15) is 0 Å². The number of nitrogens with zero attached hydrogens (tertiary/aromatic N) is 2. The number of likely N-dealkylation sites (N-methyl/N-ethyl adjacent to an activating group) is 1. The summed E-state index contributed by atoms with van der Waals surface area (Å²) in [4.78, 5) is 15.7. The van der Waals surface area contributed by atoms with E-state index >= 15 is 0 Å². The van der Waals surface area contributed by atoms with Crippen LogP contribution >= 0.6 is 11.3 Å². The maximum Gasteiger partial charge on any atom is 0.231 e. The lowest BCUT2D eigenvalue weighted by molar-refractivity contribution is -0.117. The number of hydrogen-bond acceptors (Lipinski definition) is 4. The van der Waals surface area contributed by atoms with E-state index in [9.17, 15) is 4.79 Å². The summed E-state index contributed by atoms with van der Waals surface area (Å²) in [5.41, 5.74) is 8.82. The molecular weight excluding hydrogens is 282 g/mol. The Bertz CT molecular complexity index is 744. The minimum atomic E-state index is -0.458. The zero-order valence-electron chi connectivity index (χ0n) is 11.7. The molecule has 5 heteroatoms. The summed E-state index contributed by atoms with van der Waals surface area (Å²) < 4.78 is 0. The fourth-order valence-electron chi connectivity index (χ4n) is 2.50. The maximum atomic E-state index is 11.7. The van der Waals surface area contributed by atoms with E-state index in [2.05, 4.69) is 6.07 Å². The molecule has 2 aromatic rings. The van der Waals surface area contributed by atoms with Gasteiger partial charge in [-0.3, -0.25) is 4.79 Å². The molecule has 21 heavy (non-hydrogen) atoms. The summed E-state index contributed by atoms with van der Waals surface area (Å²) in [5.74, 6) is 0.133. The molecule has 0 bridgehead atoms. The summed E-state index contributed by atoms with van der Waals surface area (Å²) >= 11 is 1.64. The minimum absolute atomic E-state index is 0.133. The normalized spacial score (nSPS) is 14.9. The van der Waals surface area contributed by atoms with E-state index in [1.165, 1.54) is 0 Å². The number of thiophene rings is 1. The molecule has 0 spiro atoms. The molecule has 0 fully saturated rings. The maximum absolute atomic E-state index is 11.7. The van der Waals surface area contributed by atoms with Gasteiger partial charge in [-0.05, 0) is 29.3 Å². The van der Waals surface area contributed by atoms with Crippen LogP contribution in [0.3, 0.4) is 0 Å². The van der Waals surface area contributed by atoms with E-state index in [-0.39, 0.29) is 5.91 Å². The van der Waals surface area contributed by atoms with Crippen LogP contribution in [0.2, 0.25) is 0 Å².